The third kappa shape index (κ3) is 12.1. The molecule has 15 nitrogen and oxygen atoms in total. The Balaban J connectivity index is -0.00000192. The summed E-state index contributed by atoms with van der Waals surface area (Å²) in [6.45, 7) is 0. The summed E-state index contributed by atoms with van der Waals surface area (Å²) in [4.78, 5) is 58.3. The van der Waals surface area contributed by atoms with E-state index < -0.39 is 60.1 Å². The Kier molecular flexibility index (Phi) is 16.8. The van der Waals surface area contributed by atoms with Gasteiger partial charge in [0.15, 0.2) is 0 Å². The summed E-state index contributed by atoms with van der Waals surface area (Å²) in [5, 5.41) is 28.8. The molecule has 21 heteroatoms. The number of phosphoric acid groups is 3. The summed E-state index contributed by atoms with van der Waals surface area (Å²) in [6.07, 6.45) is -15.0. The third-order valence-corrected chi connectivity index (χ3v) is 4.31. The van der Waals surface area contributed by atoms with Gasteiger partial charge >= 0.3 is 96.5 Å². The first-order valence-electron chi connectivity index (χ1n) is 5.72. The quantitative estimate of drug-likeness (QED) is 0.150. The minimum absolute atomic E-state index is 0. The maximum atomic E-state index is 10.9. The van der Waals surface area contributed by atoms with Crippen molar-refractivity contribution in [1.82, 2.24) is 0 Å². The fourth-order valence-electron chi connectivity index (χ4n) is 1.99. The van der Waals surface area contributed by atoms with Gasteiger partial charge in [0.1, 0.15) is 36.6 Å². The van der Waals surface area contributed by atoms with Crippen molar-refractivity contribution < 1.29 is 161 Å². The molecule has 0 aromatic heterocycles. The van der Waals surface area contributed by atoms with Crippen molar-refractivity contribution >= 4 is 23.5 Å². The number of rotatable bonds is 6. The van der Waals surface area contributed by atoms with Crippen LogP contribution in [-0.2, 0) is 27.3 Å². The first-order chi connectivity index (χ1) is 10.5. The smallest absolute Gasteiger partial charge is 0.790 e. The first-order valence-corrected chi connectivity index (χ1v) is 10.2. The number of hydrogen-bond acceptors (Lipinski definition) is 12. The van der Waals surface area contributed by atoms with Crippen LogP contribution in [0.25, 0.3) is 0 Å². The fourth-order valence-corrected chi connectivity index (χ4v) is 3.64. The standard InChI is InChI=1S/C6H15O15P3.3Na/c7-1-2(8)4(19-22(10,11)12)6(21-24(16,17)18)5(3(1)9)20-23(13,14)15;;;/h1-9H,(H2,10,11,12)(H2,13,14,15)(H2,16,17,18);;;/q;3*+1/p-3/t1-,2-,3+,4+,5-,6+;;;. The Morgan fingerprint density at radius 3 is 1.30 bits per heavy atom. The fraction of sp³-hybridized carbons (Fsp3) is 1.00. The van der Waals surface area contributed by atoms with E-state index in [1.807, 2.05) is 0 Å². The van der Waals surface area contributed by atoms with Crippen LogP contribution >= 0.6 is 23.5 Å². The van der Waals surface area contributed by atoms with Gasteiger partial charge in [0.25, 0.3) is 7.82 Å². The van der Waals surface area contributed by atoms with Gasteiger partial charge in [0.2, 0.25) is 0 Å². The van der Waals surface area contributed by atoms with Crippen molar-refractivity contribution in [2.45, 2.75) is 36.6 Å². The molecule has 1 aliphatic carbocycles. The first kappa shape index (κ1) is 34.8. The molecule has 0 saturated heterocycles. The largest absolute Gasteiger partial charge is 1.00 e. The molecule has 0 spiro atoms. The van der Waals surface area contributed by atoms with Crippen LogP contribution in [0, 0.1) is 0 Å². The van der Waals surface area contributed by atoms with Gasteiger partial charge in [-0.15, -0.1) is 0 Å². The Bertz CT molecular complexity index is 549. The summed E-state index contributed by atoms with van der Waals surface area (Å²) in [7, 11) is -17.2. The number of phosphoric ester groups is 3. The monoisotopic (exact) mass is 486 g/mol. The molecule has 6 N–H and O–H groups in total. The van der Waals surface area contributed by atoms with Gasteiger partial charge < -0.3 is 58.3 Å². The second-order valence-corrected chi connectivity index (χ2v) is 8.03. The molecular formula is C6H12Na3O15P3. The second kappa shape index (κ2) is 13.0. The van der Waals surface area contributed by atoms with Crippen LogP contribution < -0.4 is 103 Å². The van der Waals surface area contributed by atoms with E-state index >= 15 is 0 Å². The van der Waals surface area contributed by atoms with E-state index in [1.54, 1.807) is 0 Å². The second-order valence-electron chi connectivity index (χ2n) is 4.59. The molecule has 0 amide bonds. The van der Waals surface area contributed by atoms with Crippen LogP contribution in [0.4, 0.5) is 0 Å². The molecule has 7 atom stereocenters. The average Bonchev–Trinajstić information content (AvgIpc) is 2.32. The van der Waals surface area contributed by atoms with Crippen molar-refractivity contribution in [3.05, 3.63) is 0 Å². The van der Waals surface area contributed by atoms with Crippen LogP contribution in [0.15, 0.2) is 0 Å². The van der Waals surface area contributed by atoms with E-state index in [0.29, 0.717) is 0 Å². The van der Waals surface area contributed by atoms with Crippen LogP contribution in [0.2, 0.25) is 0 Å². The molecule has 144 valence electrons. The average molecular weight is 486 g/mol. The molecule has 0 aromatic rings. The minimum atomic E-state index is -5.95. The molecule has 0 radical (unpaired) electrons. The Morgan fingerprint density at radius 2 is 1.00 bits per heavy atom. The van der Waals surface area contributed by atoms with Crippen LogP contribution in [-0.4, -0.2) is 66.6 Å². The third-order valence-electron chi connectivity index (χ3n) is 2.79. The van der Waals surface area contributed by atoms with Gasteiger partial charge in [0, 0.05) is 0 Å². The van der Waals surface area contributed by atoms with Crippen LogP contribution in [0.3, 0.4) is 0 Å². The normalized spacial score (nSPS) is 33.7. The van der Waals surface area contributed by atoms with E-state index in [2.05, 4.69) is 13.6 Å². The van der Waals surface area contributed by atoms with Crippen LogP contribution in [0.1, 0.15) is 0 Å². The zero-order valence-electron chi connectivity index (χ0n) is 14.2. The minimum Gasteiger partial charge on any atom is -0.790 e. The van der Waals surface area contributed by atoms with Gasteiger partial charge in [0.05, 0.1) is 7.82 Å². The van der Waals surface area contributed by atoms with Crippen molar-refractivity contribution in [2.24, 2.45) is 0 Å². The summed E-state index contributed by atoms with van der Waals surface area (Å²) >= 11 is 0. The molecule has 1 unspecified atom stereocenters. The van der Waals surface area contributed by atoms with Gasteiger partial charge in [-0.25, -0.2) is 4.57 Å². The Morgan fingerprint density at radius 1 is 0.630 bits per heavy atom. The molecule has 0 aromatic carbocycles. The Labute approximate surface area is 218 Å². The van der Waals surface area contributed by atoms with Crippen LogP contribution in [0.5, 0.6) is 0 Å². The van der Waals surface area contributed by atoms with E-state index in [-0.39, 0.29) is 88.7 Å². The van der Waals surface area contributed by atoms with Crippen molar-refractivity contribution in [1.29, 1.82) is 0 Å². The zero-order valence-corrected chi connectivity index (χ0v) is 22.8. The van der Waals surface area contributed by atoms with E-state index in [4.69, 9.17) is 14.7 Å². The zero-order chi connectivity index (χ0) is 19.1. The van der Waals surface area contributed by atoms with Crippen molar-refractivity contribution in [2.75, 3.05) is 0 Å². The van der Waals surface area contributed by atoms with E-state index in [1.165, 1.54) is 0 Å². The number of aliphatic hydroxyl groups excluding tert-OH is 3. The molecule has 1 rings (SSSR count). The predicted molar refractivity (Wildman–Crippen MR) is 62.1 cm³/mol. The predicted octanol–water partition coefficient (Wildman–Crippen LogP) is -14.4. The van der Waals surface area contributed by atoms with Crippen molar-refractivity contribution in [3.8, 4) is 0 Å². The molecule has 27 heavy (non-hydrogen) atoms. The van der Waals surface area contributed by atoms with Crippen molar-refractivity contribution in [3.63, 3.8) is 0 Å². The van der Waals surface area contributed by atoms with Gasteiger partial charge in [-0.1, -0.05) is 0 Å². The maximum Gasteiger partial charge on any atom is 1.00 e. The molecule has 1 saturated carbocycles. The summed E-state index contributed by atoms with van der Waals surface area (Å²) in [5.41, 5.74) is 0. The number of hydrogen-bond donors (Lipinski definition) is 6. The topological polar surface area (TPSA) is 269 Å². The molecular weight excluding hydrogens is 474 g/mol. The molecule has 0 aliphatic heterocycles. The SMILES string of the molecule is O=P([O-])([O-])O[C@@H]1[C@@H](O)[C@H](O)[C@@H](O)[C@H](OP(=O)([O-])O)[C@@H]1OP(=O)(O)O.[Na+].[Na+].[Na+]. The van der Waals surface area contributed by atoms with E-state index in [0.717, 1.165) is 0 Å². The van der Waals surface area contributed by atoms with Gasteiger partial charge in [-0.3, -0.25) is 9.09 Å². The summed E-state index contributed by atoms with van der Waals surface area (Å²) < 4.78 is 44.1. The Hall–Kier alpha value is 3.21. The van der Waals surface area contributed by atoms with Gasteiger partial charge in [-0.2, -0.15) is 0 Å². The molecule has 0 bridgehead atoms. The molecule has 1 aliphatic rings. The maximum absolute atomic E-state index is 10.9. The summed E-state index contributed by atoms with van der Waals surface area (Å²) in [5.74, 6) is 0. The number of aliphatic hydroxyl groups is 3. The van der Waals surface area contributed by atoms with E-state index in [9.17, 15) is 43.7 Å². The summed E-state index contributed by atoms with van der Waals surface area (Å²) in [6, 6.07) is 0. The molecule has 0 heterocycles. The molecule has 1 fully saturated rings. The van der Waals surface area contributed by atoms with Gasteiger partial charge in [-0.05, 0) is 0 Å².